The molecule has 2 nitrogen and oxygen atoms in total. The van der Waals surface area contributed by atoms with Crippen LogP contribution in [0.25, 0.3) is 0 Å². The highest BCUT2D eigenvalue weighted by molar-refractivity contribution is 5.35. The zero-order chi connectivity index (χ0) is 14.6. The van der Waals surface area contributed by atoms with Crippen molar-refractivity contribution in [3.63, 3.8) is 0 Å². The lowest BCUT2D eigenvalue weighted by Gasteiger charge is -2.13. The lowest BCUT2D eigenvalue weighted by atomic mass is 10.1. The minimum atomic E-state index is -4.42. The maximum Gasteiger partial charge on any atom is 0.419 e. The molecule has 0 aliphatic heterocycles. The van der Waals surface area contributed by atoms with E-state index in [1.807, 2.05) is 12.1 Å². The van der Waals surface area contributed by atoms with Gasteiger partial charge in [-0.05, 0) is 23.3 Å². The van der Waals surface area contributed by atoms with Crippen LogP contribution in [0.2, 0.25) is 0 Å². The second-order valence-corrected chi connectivity index (χ2v) is 4.30. The van der Waals surface area contributed by atoms with Crippen molar-refractivity contribution in [3.8, 4) is 5.75 Å². The van der Waals surface area contributed by atoms with Gasteiger partial charge in [0.25, 0.3) is 0 Å². The molecule has 0 atom stereocenters. The zero-order valence-corrected chi connectivity index (χ0v) is 10.7. The Labute approximate surface area is 115 Å². The van der Waals surface area contributed by atoms with Gasteiger partial charge in [0.2, 0.25) is 0 Å². The average molecular weight is 281 g/mol. The van der Waals surface area contributed by atoms with Crippen LogP contribution in [-0.4, -0.2) is 0 Å². The van der Waals surface area contributed by atoms with Crippen molar-refractivity contribution in [1.29, 1.82) is 0 Å². The molecule has 0 unspecified atom stereocenters. The van der Waals surface area contributed by atoms with Crippen molar-refractivity contribution >= 4 is 0 Å². The average Bonchev–Trinajstić information content (AvgIpc) is 2.45. The van der Waals surface area contributed by atoms with Crippen molar-refractivity contribution in [2.45, 2.75) is 19.3 Å². The van der Waals surface area contributed by atoms with Gasteiger partial charge in [0.15, 0.2) is 0 Å². The van der Waals surface area contributed by atoms with Gasteiger partial charge in [0.05, 0.1) is 5.56 Å². The summed E-state index contributed by atoms with van der Waals surface area (Å²) in [4.78, 5) is 0. The van der Waals surface area contributed by atoms with Gasteiger partial charge in [0, 0.05) is 6.54 Å². The van der Waals surface area contributed by atoms with Gasteiger partial charge in [-0.15, -0.1) is 0 Å². The van der Waals surface area contributed by atoms with E-state index in [1.165, 1.54) is 18.2 Å². The summed E-state index contributed by atoms with van der Waals surface area (Å²) in [7, 11) is 0. The summed E-state index contributed by atoms with van der Waals surface area (Å²) in [5.41, 5.74) is 6.46. The van der Waals surface area contributed by atoms with Crippen LogP contribution in [0.4, 0.5) is 13.2 Å². The molecule has 0 aromatic heterocycles. The third kappa shape index (κ3) is 3.51. The van der Waals surface area contributed by atoms with Gasteiger partial charge in [-0.2, -0.15) is 13.2 Å². The van der Waals surface area contributed by atoms with Crippen molar-refractivity contribution in [2.24, 2.45) is 5.73 Å². The number of alkyl halides is 3. The molecule has 0 radical (unpaired) electrons. The standard InChI is InChI=1S/C15H14F3NO/c16-15(17,18)13-3-1-2-4-14(13)20-10-12-7-5-11(9-19)6-8-12/h1-8H,9-10,19H2. The van der Waals surface area contributed by atoms with E-state index in [-0.39, 0.29) is 12.4 Å². The number of hydrogen-bond donors (Lipinski definition) is 1. The van der Waals surface area contributed by atoms with Crippen LogP contribution < -0.4 is 10.5 Å². The molecule has 20 heavy (non-hydrogen) atoms. The summed E-state index contributed by atoms with van der Waals surface area (Å²) in [5.74, 6) is -0.164. The first-order valence-corrected chi connectivity index (χ1v) is 6.07. The number of hydrogen-bond acceptors (Lipinski definition) is 2. The fourth-order valence-corrected chi connectivity index (χ4v) is 1.76. The molecule has 0 saturated carbocycles. The number of benzene rings is 2. The molecule has 0 fully saturated rings. The van der Waals surface area contributed by atoms with Crippen LogP contribution in [0.1, 0.15) is 16.7 Å². The fraction of sp³-hybridized carbons (Fsp3) is 0.200. The molecular weight excluding hydrogens is 267 g/mol. The molecule has 0 spiro atoms. The summed E-state index contributed by atoms with van der Waals surface area (Å²) in [6.07, 6.45) is -4.42. The van der Waals surface area contributed by atoms with Gasteiger partial charge >= 0.3 is 6.18 Å². The Morgan fingerprint density at radius 2 is 1.50 bits per heavy atom. The topological polar surface area (TPSA) is 35.2 Å². The van der Waals surface area contributed by atoms with Crippen molar-refractivity contribution in [3.05, 3.63) is 65.2 Å². The van der Waals surface area contributed by atoms with E-state index < -0.39 is 11.7 Å². The minimum Gasteiger partial charge on any atom is -0.488 e. The smallest absolute Gasteiger partial charge is 0.419 e. The molecule has 2 rings (SSSR count). The molecule has 0 aliphatic rings. The lowest BCUT2D eigenvalue weighted by molar-refractivity contribution is -0.139. The van der Waals surface area contributed by atoms with Gasteiger partial charge < -0.3 is 10.5 Å². The maximum atomic E-state index is 12.8. The van der Waals surface area contributed by atoms with Crippen molar-refractivity contribution in [1.82, 2.24) is 0 Å². The highest BCUT2D eigenvalue weighted by atomic mass is 19.4. The van der Waals surface area contributed by atoms with E-state index >= 15 is 0 Å². The first-order valence-electron chi connectivity index (χ1n) is 6.07. The molecule has 0 bridgehead atoms. The lowest BCUT2D eigenvalue weighted by Crippen LogP contribution is -2.08. The third-order valence-electron chi connectivity index (χ3n) is 2.85. The van der Waals surface area contributed by atoms with Gasteiger partial charge in [-0.1, -0.05) is 36.4 Å². The molecule has 0 amide bonds. The van der Waals surface area contributed by atoms with Crippen LogP contribution >= 0.6 is 0 Å². The second kappa shape index (κ2) is 5.96. The largest absolute Gasteiger partial charge is 0.488 e. The predicted octanol–water partition coefficient (Wildman–Crippen LogP) is 3.74. The molecule has 0 saturated heterocycles. The molecule has 5 heteroatoms. The molecule has 2 aromatic carbocycles. The summed E-state index contributed by atoms with van der Waals surface area (Å²) in [6, 6.07) is 12.4. The second-order valence-electron chi connectivity index (χ2n) is 4.30. The number of halogens is 3. The summed E-state index contributed by atoms with van der Waals surface area (Å²) in [5, 5.41) is 0. The molecule has 106 valence electrons. The molecule has 0 aliphatic carbocycles. The Morgan fingerprint density at radius 3 is 2.10 bits per heavy atom. The molecule has 0 heterocycles. The van der Waals surface area contributed by atoms with Crippen molar-refractivity contribution < 1.29 is 17.9 Å². The number of nitrogens with two attached hydrogens (primary N) is 1. The van der Waals surface area contributed by atoms with Crippen LogP contribution in [0.15, 0.2) is 48.5 Å². The van der Waals surface area contributed by atoms with Gasteiger partial charge in [0.1, 0.15) is 12.4 Å². The van der Waals surface area contributed by atoms with Crippen LogP contribution in [0.3, 0.4) is 0 Å². The van der Waals surface area contributed by atoms with Crippen molar-refractivity contribution in [2.75, 3.05) is 0 Å². The van der Waals surface area contributed by atoms with Crippen LogP contribution in [0, 0.1) is 0 Å². The monoisotopic (exact) mass is 281 g/mol. The summed E-state index contributed by atoms with van der Waals surface area (Å²) < 4.78 is 43.6. The van der Waals surface area contributed by atoms with E-state index in [2.05, 4.69) is 0 Å². The Bertz CT molecular complexity index is 564. The Kier molecular flexibility index (Phi) is 4.29. The molecular formula is C15H14F3NO. The number of rotatable bonds is 4. The van der Waals surface area contributed by atoms with Gasteiger partial charge in [-0.3, -0.25) is 0 Å². The minimum absolute atomic E-state index is 0.0813. The van der Waals surface area contributed by atoms with Crippen LogP contribution in [-0.2, 0) is 19.3 Å². The molecule has 2 N–H and O–H groups in total. The first kappa shape index (κ1) is 14.4. The van der Waals surface area contributed by atoms with E-state index in [9.17, 15) is 13.2 Å². The number of ether oxygens (including phenoxy) is 1. The van der Waals surface area contributed by atoms with E-state index in [4.69, 9.17) is 10.5 Å². The highest BCUT2D eigenvalue weighted by Crippen LogP contribution is 2.36. The maximum absolute atomic E-state index is 12.8. The zero-order valence-electron chi connectivity index (χ0n) is 10.7. The first-order chi connectivity index (χ1) is 9.50. The summed E-state index contributed by atoms with van der Waals surface area (Å²) >= 11 is 0. The number of para-hydroxylation sites is 1. The highest BCUT2D eigenvalue weighted by Gasteiger charge is 2.33. The quantitative estimate of drug-likeness (QED) is 0.926. The third-order valence-corrected chi connectivity index (χ3v) is 2.85. The Balaban J connectivity index is 2.10. The van der Waals surface area contributed by atoms with Gasteiger partial charge in [-0.25, -0.2) is 0 Å². The normalized spacial score (nSPS) is 11.4. The molecule has 2 aromatic rings. The summed E-state index contributed by atoms with van der Waals surface area (Å²) in [6.45, 7) is 0.510. The Morgan fingerprint density at radius 1 is 0.900 bits per heavy atom. The van der Waals surface area contributed by atoms with E-state index in [1.54, 1.807) is 12.1 Å². The fourth-order valence-electron chi connectivity index (χ4n) is 1.76. The van der Waals surface area contributed by atoms with E-state index in [0.717, 1.165) is 17.2 Å². The Hall–Kier alpha value is -2.01. The van der Waals surface area contributed by atoms with Crippen LogP contribution in [0.5, 0.6) is 5.75 Å². The predicted molar refractivity (Wildman–Crippen MR) is 70.1 cm³/mol. The van der Waals surface area contributed by atoms with E-state index in [0.29, 0.717) is 6.54 Å². The SMILES string of the molecule is NCc1ccc(COc2ccccc2C(F)(F)F)cc1.